The number of primary amides is 1. The van der Waals surface area contributed by atoms with E-state index < -0.39 is 23.9 Å². The number of carbonyl (C=O) groups is 2. The Morgan fingerprint density at radius 2 is 1.82 bits per heavy atom. The fraction of sp³-hybridized carbons (Fsp3) is 0.222. The van der Waals surface area contributed by atoms with Gasteiger partial charge in [0.15, 0.2) is 12.4 Å². The second kappa shape index (κ2) is 10.5. The summed E-state index contributed by atoms with van der Waals surface area (Å²) >= 11 is 0.829. The van der Waals surface area contributed by atoms with Crippen LogP contribution in [0.4, 0.5) is 14.5 Å². The van der Waals surface area contributed by atoms with E-state index in [-0.39, 0.29) is 27.8 Å². The maximum Gasteiger partial charge on any atom is 0.280 e. The van der Waals surface area contributed by atoms with Crippen LogP contribution in [0.2, 0.25) is 0 Å². The van der Waals surface area contributed by atoms with Crippen LogP contribution in [0.5, 0.6) is 5.75 Å². The first-order valence-corrected chi connectivity index (χ1v) is 12.9. The zero-order valence-corrected chi connectivity index (χ0v) is 22.8. The van der Waals surface area contributed by atoms with E-state index in [2.05, 4.69) is 20.5 Å². The van der Waals surface area contributed by atoms with Gasteiger partial charge in [-0.05, 0) is 61.7 Å². The first-order valence-electron chi connectivity index (χ1n) is 12.1. The summed E-state index contributed by atoms with van der Waals surface area (Å²) in [5.74, 6) is -0.791. The number of hydrogen-bond acceptors (Lipinski definition) is 7. The lowest BCUT2D eigenvalue weighted by Gasteiger charge is -2.10. The van der Waals surface area contributed by atoms with E-state index in [0.717, 1.165) is 22.5 Å². The number of anilines is 1. The van der Waals surface area contributed by atoms with Gasteiger partial charge in [-0.15, -0.1) is 11.3 Å². The van der Waals surface area contributed by atoms with Crippen molar-refractivity contribution in [2.75, 3.05) is 5.32 Å². The van der Waals surface area contributed by atoms with E-state index in [9.17, 15) is 18.4 Å². The molecule has 0 saturated heterocycles. The van der Waals surface area contributed by atoms with E-state index in [1.165, 1.54) is 16.8 Å². The summed E-state index contributed by atoms with van der Waals surface area (Å²) in [4.78, 5) is 29.8. The SMILES string of the molecule is Cc1cc(C)cc(OCn2ccc(C(=O)Nc3c(C(N)=O)sc4nc(C(F)F)cc(-c5cn(C)nc5C)c34)n2)c1. The Balaban J connectivity index is 1.50. The number of alkyl halides is 2. The number of rotatable bonds is 8. The Kier molecular flexibility index (Phi) is 7.06. The van der Waals surface area contributed by atoms with Crippen LogP contribution in [-0.4, -0.2) is 36.4 Å². The van der Waals surface area contributed by atoms with Crippen molar-refractivity contribution in [2.45, 2.75) is 33.9 Å². The van der Waals surface area contributed by atoms with Crippen LogP contribution in [-0.2, 0) is 13.8 Å². The summed E-state index contributed by atoms with van der Waals surface area (Å²) in [6.07, 6.45) is 0.399. The first-order chi connectivity index (χ1) is 19.0. The Morgan fingerprint density at radius 1 is 1.10 bits per heavy atom. The fourth-order valence-corrected chi connectivity index (χ4v) is 5.50. The molecular formula is C27H25F2N7O3S. The Bertz CT molecular complexity index is 1750. The van der Waals surface area contributed by atoms with Crippen LogP contribution in [0, 0.1) is 20.8 Å². The van der Waals surface area contributed by atoms with Crippen molar-refractivity contribution in [1.82, 2.24) is 24.5 Å². The lowest BCUT2D eigenvalue weighted by atomic mass is 10.0. The van der Waals surface area contributed by atoms with Crippen molar-refractivity contribution in [3.8, 4) is 16.9 Å². The van der Waals surface area contributed by atoms with Crippen molar-refractivity contribution >= 4 is 39.1 Å². The molecule has 0 saturated carbocycles. The molecule has 0 fully saturated rings. The molecule has 0 bridgehead atoms. The minimum Gasteiger partial charge on any atom is -0.471 e. The number of nitrogens with zero attached hydrogens (tertiary/aromatic N) is 5. The third-order valence-corrected chi connectivity index (χ3v) is 7.20. The Hall–Kier alpha value is -4.65. The number of halogens is 2. The number of aromatic nitrogens is 5. The number of amides is 2. The van der Waals surface area contributed by atoms with Gasteiger partial charge in [-0.1, -0.05) is 6.07 Å². The van der Waals surface area contributed by atoms with Crippen LogP contribution in [0.1, 0.15) is 49.1 Å². The quantitative estimate of drug-likeness (QED) is 0.268. The van der Waals surface area contributed by atoms with Crippen molar-refractivity contribution < 1.29 is 23.1 Å². The van der Waals surface area contributed by atoms with Gasteiger partial charge in [0, 0.05) is 30.4 Å². The lowest BCUT2D eigenvalue weighted by molar-refractivity contribution is 0.100. The summed E-state index contributed by atoms with van der Waals surface area (Å²) in [5.41, 5.74) is 8.86. The summed E-state index contributed by atoms with van der Waals surface area (Å²) in [6.45, 7) is 5.73. The highest BCUT2D eigenvalue weighted by Gasteiger charge is 2.26. The molecule has 13 heteroatoms. The highest BCUT2D eigenvalue weighted by molar-refractivity contribution is 7.21. The van der Waals surface area contributed by atoms with Crippen molar-refractivity contribution in [1.29, 1.82) is 0 Å². The zero-order chi connectivity index (χ0) is 28.7. The van der Waals surface area contributed by atoms with Crippen LogP contribution >= 0.6 is 11.3 Å². The van der Waals surface area contributed by atoms with Crippen LogP contribution in [0.25, 0.3) is 21.3 Å². The van der Waals surface area contributed by atoms with E-state index in [1.807, 2.05) is 32.0 Å². The first kappa shape index (κ1) is 26.9. The van der Waals surface area contributed by atoms with Gasteiger partial charge in [-0.3, -0.25) is 14.3 Å². The molecule has 206 valence electrons. The molecule has 10 nitrogen and oxygen atoms in total. The van der Waals surface area contributed by atoms with Crippen molar-refractivity contribution in [3.63, 3.8) is 0 Å². The monoisotopic (exact) mass is 565 g/mol. The summed E-state index contributed by atoms with van der Waals surface area (Å²) < 4.78 is 36.3. The fourth-order valence-electron chi connectivity index (χ4n) is 4.49. The highest BCUT2D eigenvalue weighted by atomic mass is 32.1. The number of fused-ring (bicyclic) bond motifs is 1. The maximum atomic E-state index is 13.7. The van der Waals surface area contributed by atoms with Crippen molar-refractivity contribution in [2.24, 2.45) is 12.8 Å². The number of thiophene rings is 1. The number of aryl methyl sites for hydroxylation is 4. The van der Waals surface area contributed by atoms with E-state index in [4.69, 9.17) is 10.5 Å². The largest absolute Gasteiger partial charge is 0.471 e. The number of pyridine rings is 1. The van der Waals surface area contributed by atoms with Gasteiger partial charge in [0.25, 0.3) is 18.2 Å². The number of carbonyl (C=O) groups excluding carboxylic acids is 2. The topological polar surface area (TPSA) is 130 Å². The second-order valence-electron chi connectivity index (χ2n) is 9.34. The number of nitrogens with two attached hydrogens (primary N) is 1. The molecule has 0 unspecified atom stereocenters. The molecule has 2 amide bonds. The van der Waals surface area contributed by atoms with Gasteiger partial charge in [-0.25, -0.2) is 18.4 Å². The minimum atomic E-state index is -2.85. The molecule has 3 N–H and O–H groups in total. The van der Waals surface area contributed by atoms with Gasteiger partial charge in [0.2, 0.25) is 0 Å². The van der Waals surface area contributed by atoms with E-state index in [0.29, 0.717) is 28.0 Å². The smallest absolute Gasteiger partial charge is 0.280 e. The van der Waals surface area contributed by atoms with E-state index >= 15 is 0 Å². The normalized spacial score (nSPS) is 11.4. The molecule has 0 aliphatic carbocycles. The number of nitrogens with one attached hydrogen (secondary N) is 1. The lowest BCUT2D eigenvalue weighted by Crippen LogP contribution is -2.18. The molecule has 40 heavy (non-hydrogen) atoms. The number of hydrogen-bond donors (Lipinski definition) is 2. The van der Waals surface area contributed by atoms with Gasteiger partial charge in [-0.2, -0.15) is 10.2 Å². The minimum absolute atomic E-state index is 0.0253. The third-order valence-electron chi connectivity index (χ3n) is 6.10. The van der Waals surface area contributed by atoms with Gasteiger partial charge in [0.05, 0.1) is 11.4 Å². The molecule has 0 aliphatic rings. The molecule has 0 atom stereocenters. The number of benzene rings is 1. The molecular weight excluding hydrogens is 540 g/mol. The Labute approximate surface area is 231 Å². The Morgan fingerprint density at radius 3 is 2.45 bits per heavy atom. The van der Waals surface area contributed by atoms with Crippen molar-refractivity contribution in [3.05, 3.63) is 75.8 Å². The second-order valence-corrected chi connectivity index (χ2v) is 10.3. The zero-order valence-electron chi connectivity index (χ0n) is 22.0. The molecule has 4 aromatic heterocycles. The van der Waals surface area contributed by atoms with E-state index in [1.54, 1.807) is 31.0 Å². The van der Waals surface area contributed by atoms with Gasteiger partial charge < -0.3 is 15.8 Å². The van der Waals surface area contributed by atoms with Crippen LogP contribution in [0.15, 0.2) is 42.7 Å². The molecule has 0 aliphatic heterocycles. The summed E-state index contributed by atoms with van der Waals surface area (Å²) in [6, 6.07) is 8.56. The van der Waals surface area contributed by atoms with Gasteiger partial charge >= 0.3 is 0 Å². The molecule has 5 aromatic rings. The molecule has 5 rings (SSSR count). The predicted molar refractivity (Wildman–Crippen MR) is 147 cm³/mol. The van der Waals surface area contributed by atoms with Crippen LogP contribution in [0.3, 0.4) is 0 Å². The third kappa shape index (κ3) is 5.27. The standard InChI is InChI=1S/C27H25F2N7O3S/c1-13-7-14(2)9-16(8-13)39-12-36-6-5-19(34-36)26(38)32-22-21-17(18-11-35(4)33-15(18)3)10-20(24(28)29)31-27(21)40-23(22)25(30)37/h5-11,24H,12H2,1-4H3,(H2,30,37)(H,32,38). The molecule has 1 aromatic carbocycles. The molecule has 0 spiro atoms. The van der Waals surface area contributed by atoms with Gasteiger partial charge in [0.1, 0.15) is 21.2 Å². The molecule has 0 radical (unpaired) electrons. The maximum absolute atomic E-state index is 13.7. The number of ether oxygens (including phenoxy) is 1. The summed E-state index contributed by atoms with van der Waals surface area (Å²) in [7, 11) is 1.70. The van der Waals surface area contributed by atoms with Crippen LogP contribution < -0.4 is 15.8 Å². The average Bonchev–Trinajstić information content (AvgIpc) is 3.58. The summed E-state index contributed by atoms with van der Waals surface area (Å²) in [5, 5.41) is 11.6. The average molecular weight is 566 g/mol. The highest BCUT2D eigenvalue weighted by Crippen LogP contribution is 2.43. The predicted octanol–water partition coefficient (Wildman–Crippen LogP) is 5.14. The molecule has 4 heterocycles.